The molecule has 2 aliphatic heterocycles. The Kier molecular flexibility index (Phi) is 27.8. The van der Waals surface area contributed by atoms with Gasteiger partial charge >= 0.3 is 5.97 Å². The van der Waals surface area contributed by atoms with Crippen molar-refractivity contribution >= 4 is 76.9 Å². The number of hydrogen-bond donors (Lipinski definition) is 17. The number of aliphatic hydroxyl groups excluding tert-OH is 4. The Morgan fingerprint density at radius 3 is 1.49 bits per heavy atom. The third-order valence-electron chi connectivity index (χ3n) is 13.1. The van der Waals surface area contributed by atoms with Crippen LogP contribution in [0.2, 0.25) is 0 Å². The second-order valence-corrected chi connectivity index (χ2v) is 19.1. The molecular formula is C46H79N15O17. The number of nitrogens with zero attached hydrogens (tertiary/aromatic N) is 3. The first-order chi connectivity index (χ1) is 36.6. The highest BCUT2D eigenvalue weighted by molar-refractivity contribution is 5.99. The smallest absolute Gasteiger partial charge is 0.326 e. The highest BCUT2D eigenvalue weighted by atomic mass is 16.4. The van der Waals surface area contributed by atoms with Gasteiger partial charge in [-0.25, -0.2) is 4.79 Å². The number of carbonyl (C=O) groups is 12. The molecule has 2 fully saturated rings. The van der Waals surface area contributed by atoms with Gasteiger partial charge in [-0.3, -0.25) is 57.7 Å². The number of guanidine groups is 1. The van der Waals surface area contributed by atoms with Gasteiger partial charge < -0.3 is 101 Å². The molecule has 0 radical (unpaired) electrons. The zero-order chi connectivity index (χ0) is 59.1. The van der Waals surface area contributed by atoms with Crippen LogP contribution in [0.3, 0.4) is 0 Å². The van der Waals surface area contributed by atoms with E-state index in [4.69, 9.17) is 22.9 Å². The van der Waals surface area contributed by atoms with Crippen molar-refractivity contribution in [2.45, 2.75) is 165 Å². The fraction of sp³-hybridized carbons (Fsp3) is 0.717. The molecule has 21 N–H and O–H groups in total. The van der Waals surface area contributed by atoms with Crippen molar-refractivity contribution in [3.63, 3.8) is 0 Å². The van der Waals surface area contributed by atoms with Gasteiger partial charge in [0.05, 0.1) is 25.9 Å². The van der Waals surface area contributed by atoms with Gasteiger partial charge in [0.1, 0.15) is 66.5 Å². The molecule has 0 aromatic carbocycles. The quantitative estimate of drug-likeness (QED) is 0.0169. The zero-order valence-electron chi connectivity index (χ0n) is 44.4. The van der Waals surface area contributed by atoms with Crippen molar-refractivity contribution in [2.24, 2.45) is 33.8 Å². The van der Waals surface area contributed by atoms with E-state index < -0.39 is 176 Å². The number of carboxylic acid groups (broad SMARTS) is 1. The van der Waals surface area contributed by atoms with Crippen LogP contribution in [0.25, 0.3) is 0 Å². The summed E-state index contributed by atoms with van der Waals surface area (Å²) in [5, 5.41) is 67.2. The molecule has 32 heteroatoms. The van der Waals surface area contributed by atoms with Crippen molar-refractivity contribution in [1.29, 1.82) is 0 Å². The van der Waals surface area contributed by atoms with Crippen molar-refractivity contribution < 1.29 is 83.1 Å². The maximum absolute atomic E-state index is 14.2. The van der Waals surface area contributed by atoms with E-state index in [0.717, 1.165) is 4.90 Å². The Morgan fingerprint density at radius 2 is 1.03 bits per heavy atom. The minimum absolute atomic E-state index is 0.0166. The first kappa shape index (κ1) is 66.8. The standard InChI is InChI=1S/C46H79N15O17/c1-6-21(2)34(45(77)78)59-41(73)31-12-9-17-61(31)44(76)26(10-7-15-51-46(49)50)55-36(68)25(13-14-32(47)66)54-40(72)30-11-8-16-60(30)43(75)23(4)53-35(67)22(3)52-37(69)27(18-62)56-38(70)28(19-63)57-39(71)29(20-64)58-42(74)33(48)24(5)65/h21-31,33-34,62-65H,6-20,48H2,1-5H3,(H2,47,66)(H,52,69)(H,53,67)(H,54,72)(H,55,68)(H,56,70)(H,57,71)(H,58,74)(H,59,73)(H,77,78)(H4,49,50,51)/t21-,22-,23-,24+,25-,26-,27-,28-,29-,30-,31-,33-,34-/m0/s1. The van der Waals surface area contributed by atoms with Gasteiger partial charge in [0.15, 0.2) is 5.96 Å². The molecule has 13 atom stereocenters. The largest absolute Gasteiger partial charge is 0.480 e. The lowest BCUT2D eigenvalue weighted by Gasteiger charge is -2.31. The van der Waals surface area contributed by atoms with E-state index >= 15 is 0 Å². The average Bonchev–Trinajstić information content (AvgIpc) is 4.10. The summed E-state index contributed by atoms with van der Waals surface area (Å²) < 4.78 is 0. The lowest BCUT2D eigenvalue weighted by Crippen LogP contribution is -2.61. The van der Waals surface area contributed by atoms with Crippen molar-refractivity contribution in [3.05, 3.63) is 0 Å². The van der Waals surface area contributed by atoms with E-state index in [1.807, 2.05) is 0 Å². The molecule has 0 spiro atoms. The maximum atomic E-state index is 14.2. The van der Waals surface area contributed by atoms with Gasteiger partial charge in [0.2, 0.25) is 65.0 Å². The summed E-state index contributed by atoms with van der Waals surface area (Å²) >= 11 is 0. The fourth-order valence-electron chi connectivity index (χ4n) is 8.24. The number of aliphatic hydroxyl groups is 4. The maximum Gasteiger partial charge on any atom is 0.326 e. The third kappa shape index (κ3) is 20.3. The van der Waals surface area contributed by atoms with Gasteiger partial charge in [0.25, 0.3) is 0 Å². The topological polar surface area (TPSA) is 525 Å². The number of hydrogen-bond acceptors (Lipinski definition) is 18. The van der Waals surface area contributed by atoms with Crippen LogP contribution in [0, 0.1) is 5.92 Å². The van der Waals surface area contributed by atoms with E-state index in [-0.39, 0.29) is 57.7 Å². The van der Waals surface area contributed by atoms with Crippen LogP contribution >= 0.6 is 0 Å². The lowest BCUT2D eigenvalue weighted by molar-refractivity contribution is -0.146. The molecule has 0 unspecified atom stereocenters. The minimum Gasteiger partial charge on any atom is -0.480 e. The summed E-state index contributed by atoms with van der Waals surface area (Å²) in [6.07, 6.45) is -0.634. The second kappa shape index (κ2) is 32.4. The van der Waals surface area contributed by atoms with Crippen LogP contribution in [0.5, 0.6) is 0 Å². The number of nitrogens with one attached hydrogen (secondary N) is 8. The number of nitrogens with two attached hydrogens (primary N) is 4. The lowest BCUT2D eigenvalue weighted by atomic mass is 9.98. The molecule has 2 rings (SSSR count). The van der Waals surface area contributed by atoms with E-state index in [0.29, 0.717) is 19.3 Å². The molecule has 0 saturated carbocycles. The number of likely N-dealkylation sites (tertiary alicyclic amines) is 2. The number of carbonyl (C=O) groups excluding carboxylic acids is 11. The molecule has 11 amide bonds. The normalized spacial score (nSPS) is 19.3. The monoisotopic (exact) mass is 1110 g/mol. The van der Waals surface area contributed by atoms with Gasteiger partial charge in [-0.15, -0.1) is 0 Å². The molecule has 0 bridgehead atoms. The van der Waals surface area contributed by atoms with Crippen molar-refractivity contribution in [1.82, 2.24) is 52.3 Å². The number of aliphatic imine (C=N–C) groups is 1. The minimum atomic E-state index is -1.80. The van der Waals surface area contributed by atoms with Crippen LogP contribution in [-0.2, 0) is 57.5 Å². The second-order valence-electron chi connectivity index (χ2n) is 19.1. The number of aliphatic carboxylic acids is 1. The van der Waals surface area contributed by atoms with Gasteiger partial charge in [-0.2, -0.15) is 0 Å². The van der Waals surface area contributed by atoms with E-state index in [1.165, 1.54) is 25.7 Å². The molecule has 32 nitrogen and oxygen atoms in total. The van der Waals surface area contributed by atoms with Gasteiger partial charge in [0, 0.05) is 26.1 Å². The third-order valence-corrected chi connectivity index (χ3v) is 13.1. The number of amides is 11. The van der Waals surface area contributed by atoms with Crippen LogP contribution in [0.4, 0.5) is 0 Å². The molecule has 78 heavy (non-hydrogen) atoms. The Labute approximate surface area is 449 Å². The Bertz CT molecular complexity index is 2180. The first-order valence-corrected chi connectivity index (χ1v) is 25.5. The van der Waals surface area contributed by atoms with Gasteiger partial charge in [-0.05, 0) is 71.6 Å². The summed E-state index contributed by atoms with van der Waals surface area (Å²) in [5.74, 6) is -12.2. The molecule has 0 aromatic heterocycles. The Morgan fingerprint density at radius 1 is 0.577 bits per heavy atom. The summed E-state index contributed by atoms with van der Waals surface area (Å²) in [6.45, 7) is 4.12. The van der Waals surface area contributed by atoms with Crippen molar-refractivity contribution in [3.8, 4) is 0 Å². The number of carboxylic acids is 1. The highest BCUT2D eigenvalue weighted by Gasteiger charge is 2.42. The SMILES string of the molecule is CC[C@H](C)[C@H](NC(=O)[C@@H]1CCCN1C(=O)[C@H](CCCN=C(N)N)NC(=O)[C@H](CCC(N)=O)NC(=O)[C@@H]1CCCN1C(=O)[C@H](C)NC(=O)[C@H](C)NC(=O)[C@H](CO)NC(=O)[C@H](CO)NC(=O)[C@H](CO)NC(=O)[C@@H](N)[C@@H](C)O)C(=O)O. The predicted molar refractivity (Wildman–Crippen MR) is 273 cm³/mol. The highest BCUT2D eigenvalue weighted by Crippen LogP contribution is 2.22. The Balaban J connectivity index is 2.19. The summed E-state index contributed by atoms with van der Waals surface area (Å²) in [5.41, 5.74) is 21.9. The first-order valence-electron chi connectivity index (χ1n) is 25.5. The molecule has 2 aliphatic rings. The molecule has 2 heterocycles. The summed E-state index contributed by atoms with van der Waals surface area (Å²) in [4.78, 5) is 164. The molecule has 2 saturated heterocycles. The van der Waals surface area contributed by atoms with Crippen molar-refractivity contribution in [2.75, 3.05) is 39.5 Å². The molecule has 0 aliphatic carbocycles. The molecular weight excluding hydrogens is 1030 g/mol. The van der Waals surface area contributed by atoms with Crippen LogP contribution < -0.4 is 65.5 Å². The van der Waals surface area contributed by atoms with Crippen LogP contribution in [0.1, 0.15) is 92.4 Å². The summed E-state index contributed by atoms with van der Waals surface area (Å²) in [7, 11) is 0. The number of primary amides is 1. The number of rotatable bonds is 32. The fourth-order valence-corrected chi connectivity index (χ4v) is 8.24. The summed E-state index contributed by atoms with van der Waals surface area (Å²) in [6, 6.07) is -15.9. The van der Waals surface area contributed by atoms with Crippen LogP contribution in [0.15, 0.2) is 4.99 Å². The Hall–Kier alpha value is -7.29. The van der Waals surface area contributed by atoms with Crippen LogP contribution in [-0.4, -0.2) is 224 Å². The van der Waals surface area contributed by atoms with Gasteiger partial charge in [-0.1, -0.05) is 20.3 Å². The van der Waals surface area contributed by atoms with E-state index in [9.17, 15) is 83.1 Å². The average molecular weight is 1110 g/mol. The van der Waals surface area contributed by atoms with E-state index in [2.05, 4.69) is 47.5 Å². The zero-order valence-corrected chi connectivity index (χ0v) is 44.4. The molecule has 440 valence electrons. The molecule has 0 aromatic rings. The van der Waals surface area contributed by atoms with E-state index in [1.54, 1.807) is 13.8 Å². The predicted octanol–water partition coefficient (Wildman–Crippen LogP) is -8.98.